The van der Waals surface area contributed by atoms with Gasteiger partial charge in [-0.15, -0.1) is 11.3 Å². The molecule has 0 aliphatic carbocycles. The van der Waals surface area contributed by atoms with E-state index in [9.17, 15) is 4.79 Å². The fraction of sp³-hybridized carbons (Fsp3) is 0.615. The Morgan fingerprint density at radius 1 is 1.47 bits per heavy atom. The summed E-state index contributed by atoms with van der Waals surface area (Å²) in [6.07, 6.45) is 0.989. The van der Waals surface area contributed by atoms with Crippen molar-refractivity contribution < 1.29 is 4.79 Å². The van der Waals surface area contributed by atoms with Crippen LogP contribution in [0, 0.1) is 0 Å². The largest absolute Gasteiger partial charge is 0.350 e. The molecule has 0 fully saturated rings. The second kappa shape index (κ2) is 6.17. The van der Waals surface area contributed by atoms with E-state index in [2.05, 4.69) is 29.0 Å². The van der Waals surface area contributed by atoms with Crippen molar-refractivity contribution in [1.29, 1.82) is 0 Å². The molecular weight excluding hydrogens is 232 g/mol. The average molecular weight is 254 g/mol. The van der Waals surface area contributed by atoms with E-state index >= 15 is 0 Å². The molecule has 1 heterocycles. The molecule has 0 saturated heterocycles. The first-order chi connectivity index (χ1) is 7.92. The number of carbonyl (C=O) groups excluding carboxylic acids is 1. The molecule has 0 spiro atoms. The van der Waals surface area contributed by atoms with Gasteiger partial charge in [0.05, 0.1) is 6.54 Å². The highest BCUT2D eigenvalue weighted by molar-refractivity contribution is 7.10. The molecular formula is C13H22N2OS. The summed E-state index contributed by atoms with van der Waals surface area (Å²) in [6, 6.07) is 4.42. The lowest BCUT2D eigenvalue weighted by atomic mass is 10.1. The highest BCUT2D eigenvalue weighted by atomic mass is 32.1. The topological polar surface area (TPSA) is 41.1 Å². The SMILES string of the molecule is CCC(NCC(=O)NC(C)(C)C)c1cccs1. The van der Waals surface area contributed by atoms with Crippen LogP contribution in [0.4, 0.5) is 0 Å². The molecule has 0 saturated carbocycles. The summed E-state index contributed by atoms with van der Waals surface area (Å²) in [4.78, 5) is 13.0. The zero-order chi connectivity index (χ0) is 12.9. The first kappa shape index (κ1) is 14.2. The van der Waals surface area contributed by atoms with E-state index < -0.39 is 0 Å². The van der Waals surface area contributed by atoms with Gasteiger partial charge in [-0.3, -0.25) is 4.79 Å². The maximum atomic E-state index is 11.7. The molecule has 1 unspecified atom stereocenters. The lowest BCUT2D eigenvalue weighted by molar-refractivity contribution is -0.121. The molecule has 0 aromatic carbocycles. The van der Waals surface area contributed by atoms with Crippen molar-refractivity contribution in [3.63, 3.8) is 0 Å². The van der Waals surface area contributed by atoms with Crippen molar-refractivity contribution in [3.8, 4) is 0 Å². The van der Waals surface area contributed by atoms with E-state index in [1.165, 1.54) is 4.88 Å². The van der Waals surface area contributed by atoms with Crippen LogP contribution >= 0.6 is 11.3 Å². The number of thiophene rings is 1. The minimum Gasteiger partial charge on any atom is -0.350 e. The summed E-state index contributed by atoms with van der Waals surface area (Å²) in [5.74, 6) is 0.0486. The van der Waals surface area contributed by atoms with Gasteiger partial charge in [0.1, 0.15) is 0 Å². The lowest BCUT2D eigenvalue weighted by Crippen LogP contribution is -2.45. The van der Waals surface area contributed by atoms with Gasteiger partial charge in [0, 0.05) is 16.5 Å². The third-order valence-corrected chi connectivity index (χ3v) is 3.30. The second-order valence-corrected chi connectivity index (χ2v) is 6.13. The van der Waals surface area contributed by atoms with Crippen LogP contribution in [0.5, 0.6) is 0 Å². The van der Waals surface area contributed by atoms with Crippen LogP contribution in [0.2, 0.25) is 0 Å². The zero-order valence-electron chi connectivity index (χ0n) is 11.0. The molecule has 2 N–H and O–H groups in total. The molecule has 0 aliphatic rings. The monoisotopic (exact) mass is 254 g/mol. The summed E-state index contributed by atoms with van der Waals surface area (Å²) >= 11 is 1.73. The minimum atomic E-state index is -0.163. The second-order valence-electron chi connectivity index (χ2n) is 5.16. The Kier molecular flexibility index (Phi) is 5.15. The van der Waals surface area contributed by atoms with Gasteiger partial charge in [-0.1, -0.05) is 13.0 Å². The standard InChI is InChI=1S/C13H22N2OS/c1-5-10(11-7-6-8-17-11)14-9-12(16)15-13(2,3)4/h6-8,10,14H,5,9H2,1-4H3,(H,15,16). The molecule has 3 nitrogen and oxygen atoms in total. The lowest BCUT2D eigenvalue weighted by Gasteiger charge is -2.22. The van der Waals surface area contributed by atoms with Crippen molar-refractivity contribution in [1.82, 2.24) is 10.6 Å². The van der Waals surface area contributed by atoms with Crippen molar-refractivity contribution in [2.24, 2.45) is 0 Å². The number of hydrogen-bond acceptors (Lipinski definition) is 3. The molecule has 0 aliphatic heterocycles. The number of rotatable bonds is 5. The van der Waals surface area contributed by atoms with Gasteiger partial charge in [0.25, 0.3) is 0 Å². The Hall–Kier alpha value is -0.870. The molecule has 1 rings (SSSR count). The molecule has 0 radical (unpaired) electrons. The minimum absolute atomic E-state index is 0.0486. The quantitative estimate of drug-likeness (QED) is 0.848. The predicted molar refractivity (Wildman–Crippen MR) is 73.2 cm³/mol. The highest BCUT2D eigenvalue weighted by Gasteiger charge is 2.15. The molecule has 17 heavy (non-hydrogen) atoms. The van der Waals surface area contributed by atoms with Gasteiger partial charge in [0.15, 0.2) is 0 Å². The first-order valence-electron chi connectivity index (χ1n) is 6.00. The van der Waals surface area contributed by atoms with E-state index in [1.807, 2.05) is 26.8 Å². The fourth-order valence-electron chi connectivity index (χ4n) is 1.61. The molecule has 4 heteroatoms. The van der Waals surface area contributed by atoms with Gasteiger partial charge in [-0.2, -0.15) is 0 Å². The van der Waals surface area contributed by atoms with Gasteiger partial charge in [0.2, 0.25) is 5.91 Å². The van der Waals surface area contributed by atoms with Gasteiger partial charge >= 0.3 is 0 Å². The third-order valence-electron chi connectivity index (χ3n) is 2.32. The number of nitrogens with one attached hydrogen (secondary N) is 2. The summed E-state index contributed by atoms with van der Waals surface area (Å²) in [7, 11) is 0. The average Bonchev–Trinajstić information content (AvgIpc) is 2.69. The van der Waals surface area contributed by atoms with E-state index in [0.717, 1.165) is 6.42 Å². The Bertz CT molecular complexity index is 341. The van der Waals surface area contributed by atoms with Gasteiger partial charge in [-0.05, 0) is 38.6 Å². The third kappa shape index (κ3) is 5.33. The molecule has 1 atom stereocenters. The maximum Gasteiger partial charge on any atom is 0.234 e. The number of amides is 1. The van der Waals surface area contributed by atoms with E-state index in [4.69, 9.17) is 0 Å². The summed E-state index contributed by atoms with van der Waals surface area (Å²) in [6.45, 7) is 8.46. The van der Waals surface area contributed by atoms with Crippen LogP contribution in [0.25, 0.3) is 0 Å². The smallest absolute Gasteiger partial charge is 0.234 e. The van der Waals surface area contributed by atoms with Crippen LogP contribution < -0.4 is 10.6 Å². The highest BCUT2D eigenvalue weighted by Crippen LogP contribution is 2.21. The van der Waals surface area contributed by atoms with Crippen LogP contribution in [-0.4, -0.2) is 18.0 Å². The van der Waals surface area contributed by atoms with Crippen molar-refractivity contribution in [3.05, 3.63) is 22.4 Å². The molecule has 96 valence electrons. The van der Waals surface area contributed by atoms with Crippen molar-refractivity contribution in [2.75, 3.05) is 6.54 Å². The Balaban J connectivity index is 2.41. The first-order valence-corrected chi connectivity index (χ1v) is 6.88. The zero-order valence-corrected chi connectivity index (χ0v) is 11.9. The van der Waals surface area contributed by atoms with Crippen LogP contribution in [-0.2, 0) is 4.79 Å². The molecule has 1 aromatic rings. The van der Waals surface area contributed by atoms with Crippen LogP contribution in [0.15, 0.2) is 17.5 Å². The van der Waals surface area contributed by atoms with Crippen molar-refractivity contribution in [2.45, 2.75) is 45.7 Å². The number of carbonyl (C=O) groups is 1. The van der Waals surface area contributed by atoms with E-state index in [-0.39, 0.29) is 17.5 Å². The van der Waals surface area contributed by atoms with E-state index in [0.29, 0.717) is 6.54 Å². The summed E-state index contributed by atoms with van der Waals surface area (Å²) in [5, 5.41) is 8.30. The summed E-state index contributed by atoms with van der Waals surface area (Å²) < 4.78 is 0. The molecule has 0 bridgehead atoms. The van der Waals surface area contributed by atoms with Gasteiger partial charge < -0.3 is 10.6 Å². The maximum absolute atomic E-state index is 11.7. The van der Waals surface area contributed by atoms with Crippen molar-refractivity contribution >= 4 is 17.2 Å². The fourth-order valence-corrected chi connectivity index (χ4v) is 2.50. The number of hydrogen-bond donors (Lipinski definition) is 2. The normalized spacial score (nSPS) is 13.4. The van der Waals surface area contributed by atoms with Crippen LogP contribution in [0.1, 0.15) is 45.0 Å². The predicted octanol–water partition coefficient (Wildman–Crippen LogP) is 2.70. The van der Waals surface area contributed by atoms with Crippen LogP contribution in [0.3, 0.4) is 0 Å². The Morgan fingerprint density at radius 3 is 2.65 bits per heavy atom. The Labute approximate surface area is 108 Å². The van der Waals surface area contributed by atoms with E-state index in [1.54, 1.807) is 11.3 Å². The summed E-state index contributed by atoms with van der Waals surface area (Å²) in [5.41, 5.74) is -0.163. The Morgan fingerprint density at radius 2 is 2.18 bits per heavy atom. The molecule has 1 amide bonds. The van der Waals surface area contributed by atoms with Gasteiger partial charge in [-0.25, -0.2) is 0 Å². The molecule has 1 aromatic heterocycles.